The van der Waals surface area contributed by atoms with Gasteiger partial charge in [-0.3, -0.25) is 4.79 Å². The van der Waals surface area contributed by atoms with Crippen LogP contribution in [0.25, 0.3) is 0 Å². The van der Waals surface area contributed by atoms with Crippen molar-refractivity contribution in [3.05, 3.63) is 59.2 Å². The molecular formula is C17H17NO. The average Bonchev–Trinajstić information content (AvgIpc) is 2.75. The first kappa shape index (κ1) is 12.0. The Balaban J connectivity index is 2.09. The molecule has 0 aromatic heterocycles. The number of nitrogens with zero attached hydrogens (tertiary/aromatic N) is 1. The van der Waals surface area contributed by atoms with Crippen molar-refractivity contribution in [2.45, 2.75) is 26.3 Å². The Kier molecular flexibility index (Phi) is 2.86. The molecule has 2 nitrogen and oxygen atoms in total. The molecule has 1 unspecified atom stereocenters. The lowest BCUT2D eigenvalue weighted by Gasteiger charge is -2.27. The molecule has 0 amide bonds. The van der Waals surface area contributed by atoms with E-state index in [0.717, 1.165) is 23.8 Å². The number of aryl methyl sites for hydroxylation is 1. The fourth-order valence-electron chi connectivity index (χ4n) is 2.95. The molecule has 0 saturated carbocycles. The first-order chi connectivity index (χ1) is 9.20. The van der Waals surface area contributed by atoms with Gasteiger partial charge in [-0.2, -0.15) is 0 Å². The number of aldehydes is 1. The van der Waals surface area contributed by atoms with Gasteiger partial charge in [0.15, 0.2) is 0 Å². The van der Waals surface area contributed by atoms with Crippen molar-refractivity contribution in [2.24, 2.45) is 0 Å². The fourth-order valence-corrected chi connectivity index (χ4v) is 2.95. The van der Waals surface area contributed by atoms with Gasteiger partial charge >= 0.3 is 0 Å². The zero-order chi connectivity index (χ0) is 13.4. The first-order valence-corrected chi connectivity index (χ1v) is 6.63. The molecule has 1 atom stereocenters. The Bertz CT molecular complexity index is 633. The summed E-state index contributed by atoms with van der Waals surface area (Å²) in [5.74, 6) is 0. The molecule has 0 bridgehead atoms. The fraction of sp³-hybridized carbons (Fsp3) is 0.235. The van der Waals surface area contributed by atoms with Gasteiger partial charge in [-0.1, -0.05) is 18.2 Å². The van der Waals surface area contributed by atoms with E-state index in [-0.39, 0.29) is 0 Å². The van der Waals surface area contributed by atoms with E-state index in [2.05, 4.69) is 49.1 Å². The SMILES string of the molecule is Cc1cc(C=O)ccc1N1c2ccccc2CC1C. The summed E-state index contributed by atoms with van der Waals surface area (Å²) >= 11 is 0. The molecule has 2 aromatic rings. The van der Waals surface area contributed by atoms with Crippen LogP contribution in [0.5, 0.6) is 0 Å². The highest BCUT2D eigenvalue weighted by atomic mass is 16.1. The number of carbonyl (C=O) groups is 1. The lowest BCUT2D eigenvalue weighted by molar-refractivity contribution is 0.112. The van der Waals surface area contributed by atoms with E-state index in [4.69, 9.17) is 0 Å². The number of hydrogen-bond acceptors (Lipinski definition) is 2. The summed E-state index contributed by atoms with van der Waals surface area (Å²) in [6.07, 6.45) is 1.98. The Morgan fingerprint density at radius 1 is 1.16 bits per heavy atom. The second kappa shape index (κ2) is 4.54. The highest BCUT2D eigenvalue weighted by Gasteiger charge is 2.27. The van der Waals surface area contributed by atoms with Crippen molar-refractivity contribution in [1.29, 1.82) is 0 Å². The number of rotatable bonds is 2. The highest BCUT2D eigenvalue weighted by molar-refractivity contribution is 5.79. The van der Waals surface area contributed by atoms with Gasteiger partial charge in [0.1, 0.15) is 6.29 Å². The Morgan fingerprint density at radius 2 is 1.95 bits per heavy atom. The maximum atomic E-state index is 10.8. The molecule has 2 aromatic carbocycles. The minimum atomic E-state index is 0.457. The zero-order valence-corrected chi connectivity index (χ0v) is 11.3. The summed E-state index contributed by atoms with van der Waals surface area (Å²) in [5, 5.41) is 0. The summed E-state index contributed by atoms with van der Waals surface area (Å²) in [6, 6.07) is 14.9. The van der Waals surface area contributed by atoms with E-state index in [1.54, 1.807) is 0 Å². The molecular weight excluding hydrogens is 234 g/mol. The van der Waals surface area contributed by atoms with Crippen LogP contribution in [0.15, 0.2) is 42.5 Å². The number of fused-ring (bicyclic) bond motifs is 1. The summed E-state index contributed by atoms with van der Waals surface area (Å²) in [5.41, 5.74) is 5.77. The molecule has 1 heterocycles. The van der Waals surface area contributed by atoms with Crippen LogP contribution in [0.4, 0.5) is 11.4 Å². The van der Waals surface area contributed by atoms with E-state index < -0.39 is 0 Å². The predicted octanol–water partition coefficient (Wildman–Crippen LogP) is 3.89. The number of hydrogen-bond donors (Lipinski definition) is 0. The smallest absolute Gasteiger partial charge is 0.150 e. The lowest BCUT2D eigenvalue weighted by atomic mass is 10.1. The van der Waals surface area contributed by atoms with Crippen LogP contribution >= 0.6 is 0 Å². The molecule has 0 radical (unpaired) electrons. The number of benzene rings is 2. The van der Waals surface area contributed by atoms with Gasteiger partial charge < -0.3 is 4.90 Å². The Hall–Kier alpha value is -2.09. The molecule has 19 heavy (non-hydrogen) atoms. The van der Waals surface area contributed by atoms with Crippen LogP contribution in [0, 0.1) is 6.92 Å². The standard InChI is InChI=1S/C17H17NO/c1-12-9-14(11-19)7-8-16(12)18-13(2)10-15-5-3-4-6-17(15)18/h3-9,11,13H,10H2,1-2H3. The van der Waals surface area contributed by atoms with Crippen LogP contribution < -0.4 is 4.90 Å². The van der Waals surface area contributed by atoms with Crippen LogP contribution in [0.2, 0.25) is 0 Å². The molecule has 96 valence electrons. The molecule has 3 rings (SSSR count). The second-order valence-electron chi connectivity index (χ2n) is 5.22. The zero-order valence-electron chi connectivity index (χ0n) is 11.3. The van der Waals surface area contributed by atoms with Gasteiger partial charge in [-0.25, -0.2) is 0 Å². The van der Waals surface area contributed by atoms with Gasteiger partial charge in [-0.05, 0) is 55.7 Å². The summed E-state index contributed by atoms with van der Waals surface area (Å²) in [4.78, 5) is 13.2. The van der Waals surface area contributed by atoms with Gasteiger partial charge in [0.05, 0.1) is 0 Å². The van der Waals surface area contributed by atoms with E-state index >= 15 is 0 Å². The van der Waals surface area contributed by atoms with Crippen molar-refractivity contribution < 1.29 is 4.79 Å². The van der Waals surface area contributed by atoms with E-state index in [1.165, 1.54) is 16.9 Å². The third-order valence-electron chi connectivity index (χ3n) is 3.82. The van der Waals surface area contributed by atoms with E-state index in [9.17, 15) is 4.79 Å². The molecule has 0 saturated heterocycles. The van der Waals surface area contributed by atoms with Gasteiger partial charge in [-0.15, -0.1) is 0 Å². The monoisotopic (exact) mass is 251 g/mol. The number of carbonyl (C=O) groups excluding carboxylic acids is 1. The molecule has 1 aliphatic rings. The van der Waals surface area contributed by atoms with Crippen LogP contribution in [-0.4, -0.2) is 12.3 Å². The summed E-state index contributed by atoms with van der Waals surface area (Å²) in [6.45, 7) is 4.31. The van der Waals surface area contributed by atoms with Gasteiger partial charge in [0.25, 0.3) is 0 Å². The van der Waals surface area contributed by atoms with Crippen molar-refractivity contribution in [2.75, 3.05) is 4.90 Å². The second-order valence-corrected chi connectivity index (χ2v) is 5.22. The number of para-hydroxylation sites is 1. The Morgan fingerprint density at radius 3 is 2.68 bits per heavy atom. The van der Waals surface area contributed by atoms with Crippen molar-refractivity contribution in [3.8, 4) is 0 Å². The third-order valence-corrected chi connectivity index (χ3v) is 3.82. The van der Waals surface area contributed by atoms with E-state index in [0.29, 0.717) is 6.04 Å². The molecule has 0 aliphatic carbocycles. The van der Waals surface area contributed by atoms with Crippen LogP contribution in [-0.2, 0) is 6.42 Å². The van der Waals surface area contributed by atoms with Gasteiger partial charge in [0.2, 0.25) is 0 Å². The first-order valence-electron chi connectivity index (χ1n) is 6.63. The topological polar surface area (TPSA) is 20.3 Å². The maximum Gasteiger partial charge on any atom is 0.150 e. The maximum absolute atomic E-state index is 10.8. The highest BCUT2D eigenvalue weighted by Crippen LogP contribution is 2.39. The molecule has 0 spiro atoms. The molecule has 2 heteroatoms. The summed E-state index contributed by atoms with van der Waals surface area (Å²) < 4.78 is 0. The minimum absolute atomic E-state index is 0.457. The molecule has 0 fully saturated rings. The third kappa shape index (κ3) is 1.93. The average molecular weight is 251 g/mol. The number of anilines is 2. The summed E-state index contributed by atoms with van der Waals surface area (Å²) in [7, 11) is 0. The van der Waals surface area contributed by atoms with Gasteiger partial charge in [0, 0.05) is 23.0 Å². The normalized spacial score (nSPS) is 17.4. The predicted molar refractivity (Wildman–Crippen MR) is 78.3 cm³/mol. The minimum Gasteiger partial charge on any atom is -0.338 e. The van der Waals surface area contributed by atoms with Crippen LogP contribution in [0.3, 0.4) is 0 Å². The quantitative estimate of drug-likeness (QED) is 0.755. The van der Waals surface area contributed by atoms with Crippen molar-refractivity contribution >= 4 is 17.7 Å². The largest absolute Gasteiger partial charge is 0.338 e. The van der Waals surface area contributed by atoms with Crippen molar-refractivity contribution in [1.82, 2.24) is 0 Å². The Labute approximate surface area is 113 Å². The molecule has 0 N–H and O–H groups in total. The van der Waals surface area contributed by atoms with Crippen LogP contribution in [0.1, 0.15) is 28.4 Å². The van der Waals surface area contributed by atoms with Crippen molar-refractivity contribution in [3.63, 3.8) is 0 Å². The van der Waals surface area contributed by atoms with E-state index in [1.807, 2.05) is 12.1 Å². The lowest BCUT2D eigenvalue weighted by Crippen LogP contribution is -2.24. The molecule has 1 aliphatic heterocycles.